The molecule has 3 N–H and O–H groups in total. The number of hydrogen-bond acceptors (Lipinski definition) is 4. The van der Waals surface area contributed by atoms with Crippen LogP contribution in [0.5, 0.6) is 0 Å². The van der Waals surface area contributed by atoms with Crippen LogP contribution in [0.2, 0.25) is 0 Å². The molecule has 2 rings (SSSR count). The highest BCUT2D eigenvalue weighted by Crippen LogP contribution is 2.25. The first-order valence-electron chi connectivity index (χ1n) is 5.55. The molecule has 0 saturated heterocycles. The van der Waals surface area contributed by atoms with E-state index in [0.29, 0.717) is 18.1 Å². The molecule has 0 fully saturated rings. The van der Waals surface area contributed by atoms with E-state index in [-0.39, 0.29) is 5.91 Å². The van der Waals surface area contributed by atoms with Crippen LogP contribution >= 0.6 is 11.3 Å². The third kappa shape index (κ3) is 2.99. The van der Waals surface area contributed by atoms with Gasteiger partial charge in [-0.1, -0.05) is 29.2 Å². The zero-order valence-electron chi connectivity index (χ0n) is 9.99. The Bertz CT molecular complexity index is 636. The second-order valence-corrected chi connectivity index (χ2v) is 4.80. The van der Waals surface area contributed by atoms with Crippen molar-refractivity contribution in [3.63, 3.8) is 0 Å². The Kier molecular flexibility index (Phi) is 3.80. The monoisotopic (exact) mass is 259 g/mol. The molecule has 5 heteroatoms. The lowest BCUT2D eigenvalue weighted by molar-refractivity contribution is -0.118. The minimum Gasteiger partial charge on any atom is -0.375 e. The Morgan fingerprint density at radius 1 is 1.56 bits per heavy atom. The third-order valence-electron chi connectivity index (χ3n) is 2.28. The Morgan fingerprint density at radius 3 is 3.17 bits per heavy atom. The number of anilines is 1. The number of carbonyl (C=O) groups is 1. The maximum absolute atomic E-state index is 10.7. The van der Waals surface area contributed by atoms with Gasteiger partial charge in [0.1, 0.15) is 0 Å². The normalized spacial score (nSPS) is 9.83. The summed E-state index contributed by atoms with van der Waals surface area (Å²) in [6.07, 6.45) is 0.621. The first-order valence-corrected chi connectivity index (χ1v) is 6.37. The van der Waals surface area contributed by atoms with E-state index in [1.807, 2.05) is 18.2 Å². The van der Waals surface area contributed by atoms with E-state index in [2.05, 4.69) is 22.1 Å². The quantitative estimate of drug-likeness (QED) is 0.638. The molecule has 0 unspecified atom stereocenters. The van der Waals surface area contributed by atoms with Crippen molar-refractivity contribution in [2.75, 3.05) is 12.3 Å². The van der Waals surface area contributed by atoms with E-state index in [1.54, 1.807) is 0 Å². The van der Waals surface area contributed by atoms with Gasteiger partial charge in [0.05, 0.1) is 15.8 Å². The number of para-hydroxylation sites is 1. The number of carbonyl (C=O) groups excluding carboxylic acids is 1. The molecule has 1 heterocycles. The summed E-state index contributed by atoms with van der Waals surface area (Å²) in [5.41, 5.74) is 7.41. The van der Waals surface area contributed by atoms with Gasteiger partial charge in [0.25, 0.3) is 0 Å². The molecule has 0 aliphatic rings. The maximum Gasteiger partial charge on any atom is 0.216 e. The summed E-state index contributed by atoms with van der Waals surface area (Å²) < 4.78 is 1.04. The Morgan fingerprint density at radius 2 is 2.39 bits per heavy atom. The number of benzene rings is 1. The zero-order valence-corrected chi connectivity index (χ0v) is 10.8. The molecule has 92 valence electrons. The first-order chi connectivity index (χ1) is 8.66. The largest absolute Gasteiger partial charge is 0.375 e. The summed E-state index contributed by atoms with van der Waals surface area (Å²) in [7, 11) is 0. The highest BCUT2D eigenvalue weighted by molar-refractivity contribution is 7.22. The van der Waals surface area contributed by atoms with Crippen LogP contribution in [0.15, 0.2) is 18.2 Å². The van der Waals surface area contributed by atoms with Gasteiger partial charge >= 0.3 is 0 Å². The van der Waals surface area contributed by atoms with Crippen LogP contribution < -0.4 is 11.1 Å². The molecule has 2 aromatic rings. The summed E-state index contributed by atoms with van der Waals surface area (Å²) >= 11 is 1.46. The molecule has 18 heavy (non-hydrogen) atoms. The number of hydrogen-bond donors (Lipinski definition) is 2. The molecule has 0 spiro atoms. The minimum atomic E-state index is -0.0359. The Labute approximate surface area is 109 Å². The molecule has 0 atom stereocenters. The van der Waals surface area contributed by atoms with E-state index in [4.69, 9.17) is 5.73 Å². The van der Waals surface area contributed by atoms with Gasteiger partial charge in [-0.25, -0.2) is 4.98 Å². The SMILES string of the molecule is CC(=O)NCCC#Cc1cccc2sc(N)nc12. The fraction of sp³-hybridized carbons (Fsp3) is 0.231. The van der Waals surface area contributed by atoms with Crippen LogP contribution in [0, 0.1) is 11.8 Å². The number of nitrogen functional groups attached to an aromatic ring is 1. The summed E-state index contributed by atoms with van der Waals surface area (Å²) in [6.45, 7) is 2.06. The van der Waals surface area contributed by atoms with Crippen molar-refractivity contribution in [3.8, 4) is 11.8 Å². The third-order valence-corrected chi connectivity index (χ3v) is 3.13. The van der Waals surface area contributed by atoms with Gasteiger partial charge in [-0.3, -0.25) is 4.79 Å². The summed E-state index contributed by atoms with van der Waals surface area (Å²) in [5, 5.41) is 3.25. The molecule has 1 aromatic heterocycles. The molecule has 0 aliphatic heterocycles. The van der Waals surface area contributed by atoms with Gasteiger partial charge in [0.15, 0.2) is 5.13 Å². The lowest BCUT2D eigenvalue weighted by Crippen LogP contribution is -2.20. The molecule has 1 aromatic carbocycles. The summed E-state index contributed by atoms with van der Waals surface area (Å²) in [5.74, 6) is 6.04. The zero-order chi connectivity index (χ0) is 13.0. The Balaban J connectivity index is 2.12. The first kappa shape index (κ1) is 12.4. The van der Waals surface area contributed by atoms with Gasteiger partial charge in [-0.15, -0.1) is 0 Å². The molecule has 0 saturated carbocycles. The van der Waals surface area contributed by atoms with Crippen LogP contribution in [-0.4, -0.2) is 17.4 Å². The van der Waals surface area contributed by atoms with Gasteiger partial charge in [0.2, 0.25) is 5.91 Å². The van der Waals surface area contributed by atoms with E-state index < -0.39 is 0 Å². The molecule has 0 bridgehead atoms. The van der Waals surface area contributed by atoms with Gasteiger partial charge in [-0.2, -0.15) is 0 Å². The maximum atomic E-state index is 10.7. The van der Waals surface area contributed by atoms with E-state index >= 15 is 0 Å². The number of thiazole rings is 1. The number of rotatable bonds is 2. The van der Waals surface area contributed by atoms with Crippen molar-refractivity contribution in [3.05, 3.63) is 23.8 Å². The second kappa shape index (κ2) is 5.52. The highest BCUT2D eigenvalue weighted by Gasteiger charge is 2.03. The van der Waals surface area contributed by atoms with Crippen molar-refractivity contribution in [1.29, 1.82) is 0 Å². The van der Waals surface area contributed by atoms with E-state index in [9.17, 15) is 4.79 Å². The lowest BCUT2D eigenvalue weighted by Gasteiger charge is -1.95. The molecule has 0 aliphatic carbocycles. The number of fused-ring (bicyclic) bond motifs is 1. The van der Waals surface area contributed by atoms with Crippen molar-refractivity contribution in [2.24, 2.45) is 0 Å². The van der Waals surface area contributed by atoms with Crippen LogP contribution in [0.4, 0.5) is 5.13 Å². The van der Waals surface area contributed by atoms with Crippen LogP contribution in [0.1, 0.15) is 18.9 Å². The standard InChI is InChI=1S/C13H13N3OS/c1-9(17)15-8-3-2-5-10-6-4-7-11-12(10)16-13(14)18-11/h4,6-7H,3,8H2,1H3,(H2,14,16)(H,15,17). The average molecular weight is 259 g/mol. The van der Waals surface area contributed by atoms with E-state index in [0.717, 1.165) is 15.8 Å². The molecular formula is C13H13N3OS. The minimum absolute atomic E-state index is 0.0359. The van der Waals surface area contributed by atoms with Gasteiger partial charge < -0.3 is 11.1 Å². The van der Waals surface area contributed by atoms with Gasteiger partial charge in [0, 0.05) is 19.9 Å². The highest BCUT2D eigenvalue weighted by atomic mass is 32.1. The number of nitrogens with two attached hydrogens (primary N) is 1. The average Bonchev–Trinajstić information content (AvgIpc) is 2.69. The molecule has 0 radical (unpaired) electrons. The van der Waals surface area contributed by atoms with Crippen molar-refractivity contribution >= 4 is 32.6 Å². The molecular weight excluding hydrogens is 246 g/mol. The summed E-state index contributed by atoms with van der Waals surface area (Å²) in [4.78, 5) is 14.9. The Hall–Kier alpha value is -2.06. The van der Waals surface area contributed by atoms with Crippen molar-refractivity contribution in [2.45, 2.75) is 13.3 Å². The predicted octanol–water partition coefficient (Wildman–Crippen LogP) is 1.76. The predicted molar refractivity (Wildman–Crippen MR) is 74.2 cm³/mol. The van der Waals surface area contributed by atoms with Crippen LogP contribution in [0.3, 0.4) is 0 Å². The number of amides is 1. The van der Waals surface area contributed by atoms with Crippen molar-refractivity contribution in [1.82, 2.24) is 10.3 Å². The van der Waals surface area contributed by atoms with E-state index in [1.165, 1.54) is 18.3 Å². The fourth-order valence-corrected chi connectivity index (χ4v) is 2.29. The molecule has 1 amide bonds. The smallest absolute Gasteiger partial charge is 0.216 e. The van der Waals surface area contributed by atoms with Gasteiger partial charge in [-0.05, 0) is 12.1 Å². The number of nitrogens with zero attached hydrogens (tertiary/aromatic N) is 1. The van der Waals surface area contributed by atoms with Crippen LogP contribution in [0.25, 0.3) is 10.2 Å². The topological polar surface area (TPSA) is 68.0 Å². The lowest BCUT2D eigenvalue weighted by atomic mass is 10.2. The number of nitrogens with one attached hydrogen (secondary N) is 1. The van der Waals surface area contributed by atoms with Crippen molar-refractivity contribution < 1.29 is 4.79 Å². The summed E-state index contributed by atoms with van der Waals surface area (Å²) in [6, 6.07) is 5.84. The fourth-order valence-electron chi connectivity index (χ4n) is 1.53. The molecule has 4 nitrogen and oxygen atoms in total. The number of aromatic nitrogens is 1. The van der Waals surface area contributed by atoms with Crippen LogP contribution in [-0.2, 0) is 4.79 Å². The second-order valence-electron chi connectivity index (χ2n) is 3.74.